The van der Waals surface area contributed by atoms with E-state index in [1.54, 1.807) is 0 Å². The lowest BCUT2D eigenvalue weighted by atomic mass is 10.1. The Labute approximate surface area is 113 Å². The zero-order valence-electron chi connectivity index (χ0n) is 11.3. The standard InChI is InChI=1S/C14H19N3O2/c1-11-5-3-6-12(9-16-2)14(11)19-10-13(18)17-8-4-7-15/h3,5-6,16H,4,8-10H2,1-2H3,(H,17,18). The summed E-state index contributed by atoms with van der Waals surface area (Å²) in [7, 11) is 1.86. The van der Waals surface area contributed by atoms with Crippen molar-refractivity contribution in [3.05, 3.63) is 29.3 Å². The summed E-state index contributed by atoms with van der Waals surface area (Å²) in [5.74, 6) is 0.529. The monoisotopic (exact) mass is 261 g/mol. The van der Waals surface area contributed by atoms with Crippen LogP contribution in [0, 0.1) is 18.3 Å². The number of para-hydroxylation sites is 1. The first-order chi connectivity index (χ1) is 9.19. The van der Waals surface area contributed by atoms with E-state index in [1.165, 1.54) is 0 Å². The van der Waals surface area contributed by atoms with E-state index < -0.39 is 0 Å². The molecule has 0 heterocycles. The average molecular weight is 261 g/mol. The van der Waals surface area contributed by atoms with Gasteiger partial charge in [0, 0.05) is 18.7 Å². The van der Waals surface area contributed by atoms with Gasteiger partial charge in [0.25, 0.3) is 5.91 Å². The Hall–Kier alpha value is -2.06. The lowest BCUT2D eigenvalue weighted by Gasteiger charge is -2.13. The van der Waals surface area contributed by atoms with Gasteiger partial charge in [0.2, 0.25) is 0 Å². The van der Waals surface area contributed by atoms with Crippen LogP contribution in [0.3, 0.4) is 0 Å². The molecule has 0 atom stereocenters. The topological polar surface area (TPSA) is 74.2 Å². The minimum atomic E-state index is -0.214. The largest absolute Gasteiger partial charge is 0.483 e. The van der Waals surface area contributed by atoms with E-state index in [0.29, 0.717) is 19.5 Å². The highest BCUT2D eigenvalue weighted by Gasteiger charge is 2.08. The number of carbonyl (C=O) groups excluding carboxylic acids is 1. The van der Waals surface area contributed by atoms with Gasteiger partial charge in [0.05, 0.1) is 12.5 Å². The smallest absolute Gasteiger partial charge is 0.257 e. The number of nitriles is 1. The molecule has 1 aromatic carbocycles. The second-order valence-electron chi connectivity index (χ2n) is 4.14. The van der Waals surface area contributed by atoms with Gasteiger partial charge in [-0.2, -0.15) is 5.26 Å². The number of nitrogens with zero attached hydrogens (tertiary/aromatic N) is 1. The van der Waals surface area contributed by atoms with Crippen molar-refractivity contribution in [3.8, 4) is 11.8 Å². The van der Waals surface area contributed by atoms with Gasteiger partial charge in [-0.3, -0.25) is 4.79 Å². The molecule has 0 bridgehead atoms. The number of carbonyl (C=O) groups is 1. The van der Waals surface area contributed by atoms with Crippen molar-refractivity contribution in [3.63, 3.8) is 0 Å². The molecule has 0 unspecified atom stereocenters. The Morgan fingerprint density at radius 2 is 2.26 bits per heavy atom. The average Bonchev–Trinajstić information content (AvgIpc) is 2.39. The van der Waals surface area contributed by atoms with Gasteiger partial charge in [-0.05, 0) is 19.5 Å². The number of aryl methyl sites for hydroxylation is 1. The summed E-state index contributed by atoms with van der Waals surface area (Å²) in [6.07, 6.45) is 0.307. The summed E-state index contributed by atoms with van der Waals surface area (Å²) in [5.41, 5.74) is 2.02. The second-order valence-corrected chi connectivity index (χ2v) is 4.14. The molecule has 0 aliphatic carbocycles. The van der Waals surface area contributed by atoms with Crippen LogP contribution in [0.1, 0.15) is 17.5 Å². The van der Waals surface area contributed by atoms with E-state index in [0.717, 1.165) is 16.9 Å². The summed E-state index contributed by atoms with van der Waals surface area (Å²) < 4.78 is 5.58. The first-order valence-corrected chi connectivity index (χ1v) is 6.18. The first kappa shape index (κ1) is 15.0. The van der Waals surface area contributed by atoms with E-state index in [-0.39, 0.29) is 12.5 Å². The summed E-state index contributed by atoms with van der Waals surface area (Å²) in [6, 6.07) is 7.84. The summed E-state index contributed by atoms with van der Waals surface area (Å²) >= 11 is 0. The molecule has 0 radical (unpaired) electrons. The number of hydrogen-bond donors (Lipinski definition) is 2. The number of rotatable bonds is 7. The zero-order chi connectivity index (χ0) is 14.1. The predicted molar refractivity (Wildman–Crippen MR) is 72.7 cm³/mol. The molecule has 0 spiro atoms. The van der Waals surface area contributed by atoms with Crippen LogP contribution in [0.15, 0.2) is 18.2 Å². The molecule has 0 saturated heterocycles. The first-order valence-electron chi connectivity index (χ1n) is 6.18. The minimum absolute atomic E-state index is 0.0347. The summed E-state index contributed by atoms with van der Waals surface area (Å²) in [4.78, 5) is 11.5. The number of amides is 1. The molecule has 102 valence electrons. The Balaban J connectivity index is 2.57. The number of ether oxygens (including phenoxy) is 1. The fraction of sp³-hybridized carbons (Fsp3) is 0.429. The third-order valence-corrected chi connectivity index (χ3v) is 2.57. The van der Waals surface area contributed by atoms with Crippen molar-refractivity contribution in [1.82, 2.24) is 10.6 Å². The van der Waals surface area contributed by atoms with Gasteiger partial charge in [0.15, 0.2) is 6.61 Å². The number of nitrogens with one attached hydrogen (secondary N) is 2. The molecule has 0 aromatic heterocycles. The maximum Gasteiger partial charge on any atom is 0.257 e. The maximum absolute atomic E-state index is 11.5. The summed E-state index contributed by atoms with van der Waals surface area (Å²) in [6.45, 7) is 2.96. The Morgan fingerprint density at radius 3 is 2.95 bits per heavy atom. The molecule has 0 saturated carbocycles. The van der Waals surface area contributed by atoms with Gasteiger partial charge in [-0.15, -0.1) is 0 Å². The molecule has 0 fully saturated rings. The van der Waals surface area contributed by atoms with Crippen LogP contribution in [0.4, 0.5) is 0 Å². The van der Waals surface area contributed by atoms with Gasteiger partial charge in [-0.25, -0.2) is 0 Å². The van der Waals surface area contributed by atoms with Gasteiger partial charge in [0.1, 0.15) is 5.75 Å². The molecule has 2 N–H and O–H groups in total. The van der Waals surface area contributed by atoms with E-state index in [2.05, 4.69) is 10.6 Å². The van der Waals surface area contributed by atoms with Crippen molar-refractivity contribution in [1.29, 1.82) is 5.26 Å². The molecule has 19 heavy (non-hydrogen) atoms. The van der Waals surface area contributed by atoms with Crippen molar-refractivity contribution in [2.75, 3.05) is 20.2 Å². The molecular weight excluding hydrogens is 242 g/mol. The molecule has 5 heteroatoms. The maximum atomic E-state index is 11.5. The third kappa shape index (κ3) is 4.98. The van der Waals surface area contributed by atoms with Crippen LogP contribution in [0.2, 0.25) is 0 Å². The van der Waals surface area contributed by atoms with Gasteiger partial charge >= 0.3 is 0 Å². The number of benzene rings is 1. The van der Waals surface area contributed by atoms with Crippen molar-refractivity contribution < 1.29 is 9.53 Å². The fourth-order valence-corrected chi connectivity index (χ4v) is 1.70. The Bertz CT molecular complexity index is 466. The number of hydrogen-bond acceptors (Lipinski definition) is 4. The third-order valence-electron chi connectivity index (χ3n) is 2.57. The van der Waals surface area contributed by atoms with Crippen molar-refractivity contribution >= 4 is 5.91 Å². The highest BCUT2D eigenvalue weighted by atomic mass is 16.5. The quantitative estimate of drug-likeness (QED) is 0.721. The van der Waals surface area contributed by atoms with E-state index in [1.807, 2.05) is 38.2 Å². The van der Waals surface area contributed by atoms with Crippen LogP contribution in [0.5, 0.6) is 5.75 Å². The van der Waals surface area contributed by atoms with Gasteiger partial charge < -0.3 is 15.4 Å². The Kier molecular flexibility index (Phi) is 6.41. The lowest BCUT2D eigenvalue weighted by molar-refractivity contribution is -0.123. The van der Waals surface area contributed by atoms with E-state index in [9.17, 15) is 4.79 Å². The summed E-state index contributed by atoms with van der Waals surface area (Å²) in [5, 5.41) is 14.1. The molecule has 1 rings (SSSR count). The molecular formula is C14H19N3O2. The Morgan fingerprint density at radius 1 is 1.47 bits per heavy atom. The molecule has 0 aliphatic rings. The van der Waals surface area contributed by atoms with Crippen molar-refractivity contribution in [2.24, 2.45) is 0 Å². The molecule has 1 aromatic rings. The molecule has 5 nitrogen and oxygen atoms in total. The van der Waals surface area contributed by atoms with Crippen LogP contribution in [-0.2, 0) is 11.3 Å². The fourth-order valence-electron chi connectivity index (χ4n) is 1.70. The highest BCUT2D eigenvalue weighted by molar-refractivity contribution is 5.77. The van der Waals surface area contributed by atoms with Crippen LogP contribution in [0.25, 0.3) is 0 Å². The highest BCUT2D eigenvalue weighted by Crippen LogP contribution is 2.23. The molecule has 1 amide bonds. The van der Waals surface area contributed by atoms with Crippen LogP contribution < -0.4 is 15.4 Å². The predicted octanol–water partition coefficient (Wildman–Crippen LogP) is 1.12. The molecule has 0 aliphatic heterocycles. The van der Waals surface area contributed by atoms with Crippen LogP contribution >= 0.6 is 0 Å². The SMILES string of the molecule is CNCc1cccc(C)c1OCC(=O)NCCC#N. The minimum Gasteiger partial charge on any atom is -0.483 e. The zero-order valence-corrected chi connectivity index (χ0v) is 11.3. The van der Waals surface area contributed by atoms with Gasteiger partial charge in [-0.1, -0.05) is 18.2 Å². The van der Waals surface area contributed by atoms with E-state index >= 15 is 0 Å². The van der Waals surface area contributed by atoms with Crippen LogP contribution in [-0.4, -0.2) is 26.1 Å². The second kappa shape index (κ2) is 8.11. The normalized spacial score (nSPS) is 9.74. The van der Waals surface area contributed by atoms with Crippen molar-refractivity contribution in [2.45, 2.75) is 19.9 Å². The lowest BCUT2D eigenvalue weighted by Crippen LogP contribution is -2.29. The van der Waals surface area contributed by atoms with E-state index in [4.69, 9.17) is 10.00 Å².